The zero-order valence-electron chi connectivity index (χ0n) is 13.9. The molecular weight excluding hydrogens is 286 g/mol. The highest BCUT2D eigenvalue weighted by Crippen LogP contribution is 2.27. The second kappa shape index (κ2) is 6.97. The normalized spacial score (nSPS) is 21.0. The van der Waals surface area contributed by atoms with Gasteiger partial charge in [-0.2, -0.15) is 0 Å². The maximum Gasteiger partial charge on any atom is 0.160 e. The molecule has 0 radical (unpaired) electrons. The molecular formula is C18H27N5. The molecule has 2 fully saturated rings. The predicted octanol–water partition coefficient (Wildman–Crippen LogP) is 2.38. The van der Waals surface area contributed by atoms with Gasteiger partial charge in [-0.05, 0) is 64.0 Å². The summed E-state index contributed by atoms with van der Waals surface area (Å²) in [6.45, 7) is 6.86. The zero-order valence-corrected chi connectivity index (χ0v) is 13.9. The number of fused-ring (bicyclic) bond motifs is 1. The molecule has 0 bridgehead atoms. The number of aromatic nitrogens is 3. The van der Waals surface area contributed by atoms with Crippen molar-refractivity contribution in [1.29, 1.82) is 0 Å². The number of imidazole rings is 1. The van der Waals surface area contributed by atoms with Gasteiger partial charge in [0.25, 0.3) is 0 Å². The monoisotopic (exact) mass is 313 g/mol. The lowest BCUT2D eigenvalue weighted by molar-refractivity contribution is 0.220. The lowest BCUT2D eigenvalue weighted by atomic mass is 9.97. The molecule has 0 unspecified atom stereocenters. The highest BCUT2D eigenvalue weighted by atomic mass is 15.2. The summed E-state index contributed by atoms with van der Waals surface area (Å²) in [5, 5.41) is 3.46. The zero-order chi connectivity index (χ0) is 15.5. The standard InChI is InChI=1S/C18H27N5/c1-2-11-22(12-3-1)13-14-23-17(15-6-9-19-10-7-15)21-16-5-4-8-20-18(16)23/h4-5,8,15,19H,1-3,6-7,9-14H2. The number of hydrogen-bond acceptors (Lipinski definition) is 4. The van der Waals surface area contributed by atoms with Crippen LogP contribution in [0.5, 0.6) is 0 Å². The van der Waals surface area contributed by atoms with E-state index in [9.17, 15) is 0 Å². The fourth-order valence-electron chi connectivity index (χ4n) is 4.01. The van der Waals surface area contributed by atoms with E-state index in [1.54, 1.807) is 0 Å². The third-order valence-corrected chi connectivity index (χ3v) is 5.33. The molecule has 0 spiro atoms. The van der Waals surface area contributed by atoms with Crippen molar-refractivity contribution in [3.63, 3.8) is 0 Å². The molecule has 5 nitrogen and oxygen atoms in total. The first-order valence-electron chi connectivity index (χ1n) is 9.16. The Hall–Kier alpha value is -1.46. The molecule has 2 aromatic rings. The summed E-state index contributed by atoms with van der Waals surface area (Å²) in [5.41, 5.74) is 2.12. The Bertz CT molecular complexity index is 638. The molecule has 0 atom stereocenters. The smallest absolute Gasteiger partial charge is 0.160 e. The summed E-state index contributed by atoms with van der Waals surface area (Å²) in [6, 6.07) is 4.10. The third-order valence-electron chi connectivity index (χ3n) is 5.33. The summed E-state index contributed by atoms with van der Waals surface area (Å²) >= 11 is 0. The molecule has 2 aliphatic rings. The van der Waals surface area contributed by atoms with Gasteiger partial charge in [0.2, 0.25) is 0 Å². The van der Waals surface area contributed by atoms with E-state index >= 15 is 0 Å². The van der Waals surface area contributed by atoms with Crippen molar-refractivity contribution in [3.8, 4) is 0 Å². The van der Waals surface area contributed by atoms with E-state index in [4.69, 9.17) is 4.98 Å². The number of piperidine rings is 2. The molecule has 0 amide bonds. The van der Waals surface area contributed by atoms with E-state index in [2.05, 4.69) is 25.8 Å². The Labute approximate surface area is 138 Å². The second-order valence-electron chi connectivity index (χ2n) is 6.89. The van der Waals surface area contributed by atoms with Crippen molar-refractivity contribution in [2.75, 3.05) is 32.7 Å². The highest BCUT2D eigenvalue weighted by Gasteiger charge is 2.23. The average molecular weight is 313 g/mol. The van der Waals surface area contributed by atoms with Gasteiger partial charge >= 0.3 is 0 Å². The molecule has 4 rings (SSSR count). The van der Waals surface area contributed by atoms with Crippen molar-refractivity contribution in [2.45, 2.75) is 44.6 Å². The number of hydrogen-bond donors (Lipinski definition) is 1. The number of nitrogens with one attached hydrogen (secondary N) is 1. The molecule has 2 saturated heterocycles. The van der Waals surface area contributed by atoms with Crippen LogP contribution in [0.1, 0.15) is 43.8 Å². The Morgan fingerprint density at radius 1 is 1.09 bits per heavy atom. The number of likely N-dealkylation sites (tertiary alicyclic amines) is 1. The van der Waals surface area contributed by atoms with E-state index < -0.39 is 0 Å². The largest absolute Gasteiger partial charge is 0.317 e. The molecule has 124 valence electrons. The van der Waals surface area contributed by atoms with E-state index in [0.29, 0.717) is 5.92 Å². The van der Waals surface area contributed by atoms with Crippen LogP contribution < -0.4 is 5.32 Å². The quantitative estimate of drug-likeness (QED) is 0.941. The van der Waals surface area contributed by atoms with Crippen LogP contribution in [0.15, 0.2) is 18.3 Å². The molecule has 5 heteroatoms. The van der Waals surface area contributed by atoms with Crippen molar-refractivity contribution < 1.29 is 0 Å². The van der Waals surface area contributed by atoms with Crippen LogP contribution in [0.3, 0.4) is 0 Å². The van der Waals surface area contributed by atoms with Crippen molar-refractivity contribution in [1.82, 2.24) is 24.8 Å². The van der Waals surface area contributed by atoms with E-state index in [1.165, 1.54) is 51.0 Å². The van der Waals surface area contributed by atoms with Gasteiger partial charge in [-0.15, -0.1) is 0 Å². The second-order valence-corrected chi connectivity index (χ2v) is 6.89. The van der Waals surface area contributed by atoms with Crippen LogP contribution in [0.25, 0.3) is 11.2 Å². The highest BCUT2D eigenvalue weighted by molar-refractivity contribution is 5.71. The summed E-state index contributed by atoms with van der Waals surface area (Å²) in [4.78, 5) is 12.2. The topological polar surface area (TPSA) is 46.0 Å². The van der Waals surface area contributed by atoms with E-state index in [1.807, 2.05) is 12.3 Å². The van der Waals surface area contributed by atoms with E-state index in [-0.39, 0.29) is 0 Å². The maximum atomic E-state index is 4.95. The van der Waals surface area contributed by atoms with Gasteiger partial charge in [0.05, 0.1) is 0 Å². The van der Waals surface area contributed by atoms with Crippen molar-refractivity contribution >= 4 is 11.2 Å². The van der Waals surface area contributed by atoms with Gasteiger partial charge in [0.15, 0.2) is 5.65 Å². The molecule has 0 saturated carbocycles. The summed E-state index contributed by atoms with van der Waals surface area (Å²) in [5.74, 6) is 1.84. The number of pyridine rings is 1. The lowest BCUT2D eigenvalue weighted by Gasteiger charge is -2.28. The molecule has 1 N–H and O–H groups in total. The molecule has 2 aliphatic heterocycles. The summed E-state index contributed by atoms with van der Waals surface area (Å²) in [7, 11) is 0. The fraction of sp³-hybridized carbons (Fsp3) is 0.667. The summed E-state index contributed by atoms with van der Waals surface area (Å²) < 4.78 is 2.40. The Kier molecular flexibility index (Phi) is 4.57. The SMILES string of the molecule is c1cnc2c(c1)nc(C1CCNCC1)n2CCN1CCCCC1. The first-order chi connectivity index (χ1) is 11.4. The first kappa shape index (κ1) is 15.1. The predicted molar refractivity (Wildman–Crippen MR) is 92.7 cm³/mol. The fourth-order valence-corrected chi connectivity index (χ4v) is 4.01. The van der Waals surface area contributed by atoms with Gasteiger partial charge in [-0.3, -0.25) is 0 Å². The molecule has 0 aromatic carbocycles. The lowest BCUT2D eigenvalue weighted by Crippen LogP contribution is -2.33. The Morgan fingerprint density at radius 3 is 2.74 bits per heavy atom. The summed E-state index contributed by atoms with van der Waals surface area (Å²) in [6.07, 6.45) is 8.37. The van der Waals surface area contributed by atoms with Gasteiger partial charge in [-0.1, -0.05) is 6.42 Å². The first-order valence-corrected chi connectivity index (χ1v) is 9.16. The molecule has 0 aliphatic carbocycles. The molecule has 2 aromatic heterocycles. The van der Waals surface area contributed by atoms with Crippen molar-refractivity contribution in [2.24, 2.45) is 0 Å². The molecule has 4 heterocycles. The minimum atomic E-state index is 0.576. The Balaban J connectivity index is 1.59. The van der Waals surface area contributed by atoms with Gasteiger partial charge in [-0.25, -0.2) is 9.97 Å². The maximum absolute atomic E-state index is 4.95. The number of nitrogens with zero attached hydrogens (tertiary/aromatic N) is 4. The van der Waals surface area contributed by atoms with Crippen molar-refractivity contribution in [3.05, 3.63) is 24.2 Å². The van der Waals surface area contributed by atoms with Crippen LogP contribution >= 0.6 is 0 Å². The van der Waals surface area contributed by atoms with Crippen LogP contribution in [0.4, 0.5) is 0 Å². The van der Waals surface area contributed by atoms with Crippen LogP contribution in [-0.4, -0.2) is 52.2 Å². The van der Waals surface area contributed by atoms with Crippen LogP contribution in [0, 0.1) is 0 Å². The van der Waals surface area contributed by atoms with E-state index in [0.717, 1.165) is 37.3 Å². The van der Waals surface area contributed by atoms with Gasteiger partial charge in [0.1, 0.15) is 11.3 Å². The van der Waals surface area contributed by atoms with Crippen LogP contribution in [0.2, 0.25) is 0 Å². The van der Waals surface area contributed by atoms with Crippen LogP contribution in [-0.2, 0) is 6.54 Å². The third kappa shape index (κ3) is 3.26. The minimum Gasteiger partial charge on any atom is -0.317 e. The Morgan fingerprint density at radius 2 is 1.91 bits per heavy atom. The average Bonchev–Trinajstić information content (AvgIpc) is 3.00. The number of rotatable bonds is 4. The molecule has 23 heavy (non-hydrogen) atoms. The minimum absolute atomic E-state index is 0.576. The van der Waals surface area contributed by atoms with Gasteiger partial charge < -0.3 is 14.8 Å². The van der Waals surface area contributed by atoms with Gasteiger partial charge in [0, 0.05) is 25.2 Å².